The van der Waals surface area contributed by atoms with E-state index in [0.29, 0.717) is 12.0 Å². The molecule has 3 aromatic carbocycles. The Hall–Kier alpha value is -3.46. The van der Waals surface area contributed by atoms with Crippen LogP contribution in [0, 0.1) is 17.6 Å². The van der Waals surface area contributed by atoms with E-state index in [1.54, 1.807) is 29.2 Å². The monoisotopic (exact) mass is 503 g/mol. The van der Waals surface area contributed by atoms with Gasteiger partial charge >= 0.3 is 10.1 Å². The zero-order chi connectivity index (χ0) is 25.6. The number of hydrogen-bond donors (Lipinski definition) is 0. The maximum absolute atomic E-state index is 13.3. The molecule has 0 N–H and O–H groups in total. The van der Waals surface area contributed by atoms with Gasteiger partial charge in [-0.2, -0.15) is 8.42 Å². The molecule has 0 radical (unpaired) electrons. The van der Waals surface area contributed by atoms with Crippen molar-refractivity contribution in [2.45, 2.75) is 38.3 Å². The van der Waals surface area contributed by atoms with E-state index in [0.717, 1.165) is 29.8 Å². The molecule has 0 aliphatic heterocycles. The Bertz CT molecular complexity index is 1260. The van der Waals surface area contributed by atoms with Crippen LogP contribution in [-0.4, -0.2) is 26.3 Å². The van der Waals surface area contributed by atoms with E-state index in [1.165, 1.54) is 25.3 Å². The van der Waals surface area contributed by atoms with E-state index < -0.39 is 15.9 Å². The van der Waals surface area contributed by atoms with Crippen molar-refractivity contribution in [3.63, 3.8) is 0 Å². The lowest BCUT2D eigenvalue weighted by atomic mass is 10.1. The topological polar surface area (TPSA) is 72.9 Å². The van der Waals surface area contributed by atoms with Crippen molar-refractivity contribution in [3.8, 4) is 11.5 Å². The minimum Gasteiger partial charge on any atom is -0.493 e. The summed E-state index contributed by atoms with van der Waals surface area (Å²) >= 11 is 0. The van der Waals surface area contributed by atoms with Crippen molar-refractivity contribution in [1.29, 1.82) is 0 Å². The van der Waals surface area contributed by atoms with Gasteiger partial charge in [0.1, 0.15) is 16.5 Å². The Balaban J connectivity index is 1.88. The third-order valence-electron chi connectivity index (χ3n) is 5.13. The molecule has 0 aromatic heterocycles. The van der Waals surface area contributed by atoms with Crippen LogP contribution in [0.5, 0.6) is 11.5 Å². The number of amides is 1. The second-order valence-corrected chi connectivity index (χ2v) is 10.00. The largest absolute Gasteiger partial charge is 0.493 e. The number of methoxy groups -OCH3 is 1. The molecule has 0 saturated carbocycles. The van der Waals surface area contributed by atoms with Crippen molar-refractivity contribution in [1.82, 2.24) is 4.90 Å². The van der Waals surface area contributed by atoms with Crippen LogP contribution in [0.2, 0.25) is 0 Å². The molecule has 0 aliphatic rings. The molecule has 0 saturated heterocycles. The number of rotatable bonds is 10. The normalized spacial score (nSPS) is 11.4. The summed E-state index contributed by atoms with van der Waals surface area (Å²) in [5.74, 6) is -0.787. The number of carbonyl (C=O) groups excluding carboxylic acids is 1. The van der Waals surface area contributed by atoms with Gasteiger partial charge in [-0.15, -0.1) is 0 Å². The van der Waals surface area contributed by atoms with Gasteiger partial charge in [0.25, 0.3) is 0 Å². The predicted molar refractivity (Wildman–Crippen MR) is 127 cm³/mol. The summed E-state index contributed by atoms with van der Waals surface area (Å²) in [5.41, 5.74) is 1.36. The molecule has 0 bridgehead atoms. The van der Waals surface area contributed by atoms with E-state index in [4.69, 9.17) is 8.92 Å². The quantitative estimate of drug-likeness (QED) is 0.351. The first-order chi connectivity index (χ1) is 16.6. The summed E-state index contributed by atoms with van der Waals surface area (Å²) in [6.45, 7) is 4.29. The first kappa shape index (κ1) is 26.2. The van der Waals surface area contributed by atoms with Gasteiger partial charge in [0.05, 0.1) is 7.11 Å². The number of nitrogens with zero attached hydrogens (tertiary/aromatic N) is 1. The first-order valence-corrected chi connectivity index (χ1v) is 12.4. The Kier molecular flexibility index (Phi) is 8.45. The number of carbonyl (C=O) groups is 1. The third kappa shape index (κ3) is 7.26. The van der Waals surface area contributed by atoms with E-state index in [9.17, 15) is 22.0 Å². The van der Waals surface area contributed by atoms with Crippen molar-refractivity contribution in [2.75, 3.05) is 7.11 Å². The molecule has 3 aromatic rings. The lowest BCUT2D eigenvalue weighted by Crippen LogP contribution is -2.31. The standard InChI is InChI=1S/C26H27F2NO5S/c1-18(2)14-26(30)29(16-19-4-7-21(27)8-5-19)17-20-6-13-24(33-3)25(15-20)34-35(31,32)23-11-9-22(28)10-12-23/h4-13,15,18H,14,16-17H2,1-3H3. The highest BCUT2D eigenvalue weighted by Gasteiger charge is 2.21. The van der Waals surface area contributed by atoms with E-state index in [-0.39, 0.29) is 47.1 Å². The van der Waals surface area contributed by atoms with Crippen LogP contribution >= 0.6 is 0 Å². The number of hydrogen-bond acceptors (Lipinski definition) is 5. The highest BCUT2D eigenvalue weighted by Crippen LogP contribution is 2.31. The lowest BCUT2D eigenvalue weighted by Gasteiger charge is -2.24. The van der Waals surface area contributed by atoms with Crippen LogP contribution in [0.1, 0.15) is 31.4 Å². The van der Waals surface area contributed by atoms with Crippen LogP contribution in [-0.2, 0) is 28.0 Å². The molecule has 6 nitrogen and oxygen atoms in total. The Morgan fingerprint density at radius 3 is 1.97 bits per heavy atom. The van der Waals surface area contributed by atoms with Crippen molar-refractivity contribution in [2.24, 2.45) is 5.92 Å². The van der Waals surface area contributed by atoms with Gasteiger partial charge in [0.2, 0.25) is 5.91 Å². The lowest BCUT2D eigenvalue weighted by molar-refractivity contribution is -0.133. The van der Waals surface area contributed by atoms with Crippen molar-refractivity contribution >= 4 is 16.0 Å². The van der Waals surface area contributed by atoms with Gasteiger partial charge in [-0.25, -0.2) is 8.78 Å². The highest BCUT2D eigenvalue weighted by atomic mass is 32.2. The molecule has 3 rings (SSSR count). The van der Waals surface area contributed by atoms with Crippen LogP contribution < -0.4 is 8.92 Å². The van der Waals surface area contributed by atoms with Crippen LogP contribution in [0.4, 0.5) is 8.78 Å². The van der Waals surface area contributed by atoms with Gasteiger partial charge in [0.15, 0.2) is 11.5 Å². The molecule has 0 heterocycles. The molecule has 0 unspecified atom stereocenters. The summed E-state index contributed by atoms with van der Waals surface area (Å²) in [6, 6.07) is 14.9. The van der Waals surface area contributed by atoms with E-state index in [1.807, 2.05) is 13.8 Å². The minimum atomic E-state index is -4.26. The van der Waals surface area contributed by atoms with Gasteiger partial charge in [-0.3, -0.25) is 4.79 Å². The molecule has 0 aliphatic carbocycles. The summed E-state index contributed by atoms with van der Waals surface area (Å²) in [7, 11) is -2.88. The van der Waals surface area contributed by atoms with Crippen LogP contribution in [0.3, 0.4) is 0 Å². The van der Waals surface area contributed by atoms with Crippen LogP contribution in [0.25, 0.3) is 0 Å². The molecule has 186 valence electrons. The van der Waals surface area contributed by atoms with Crippen LogP contribution in [0.15, 0.2) is 71.6 Å². The van der Waals surface area contributed by atoms with E-state index >= 15 is 0 Å². The van der Waals surface area contributed by atoms with Gasteiger partial charge in [0, 0.05) is 19.5 Å². The fraction of sp³-hybridized carbons (Fsp3) is 0.269. The number of benzene rings is 3. The Morgan fingerprint density at radius 2 is 1.40 bits per heavy atom. The zero-order valence-corrected chi connectivity index (χ0v) is 20.5. The smallest absolute Gasteiger partial charge is 0.339 e. The first-order valence-electron chi connectivity index (χ1n) is 11.0. The molecule has 9 heteroatoms. The summed E-state index contributed by atoms with van der Waals surface area (Å²) in [5, 5.41) is 0. The van der Waals surface area contributed by atoms with Gasteiger partial charge < -0.3 is 13.8 Å². The summed E-state index contributed by atoms with van der Waals surface area (Å²) in [4.78, 5) is 14.4. The minimum absolute atomic E-state index is 0.0626. The molecule has 1 amide bonds. The van der Waals surface area contributed by atoms with Gasteiger partial charge in [-0.05, 0) is 65.6 Å². The molecule has 0 atom stereocenters. The Morgan fingerprint density at radius 1 is 0.857 bits per heavy atom. The third-order valence-corrected chi connectivity index (χ3v) is 6.37. The Labute approximate surface area is 204 Å². The maximum atomic E-state index is 13.3. The molecular formula is C26H27F2NO5S. The number of ether oxygens (including phenoxy) is 1. The summed E-state index contributed by atoms with van der Waals surface area (Å²) in [6.07, 6.45) is 0.319. The molecule has 0 spiro atoms. The zero-order valence-electron chi connectivity index (χ0n) is 19.7. The highest BCUT2D eigenvalue weighted by molar-refractivity contribution is 7.87. The number of halogens is 2. The van der Waals surface area contributed by atoms with E-state index in [2.05, 4.69) is 0 Å². The average molecular weight is 504 g/mol. The second kappa shape index (κ2) is 11.3. The summed E-state index contributed by atoms with van der Waals surface area (Å²) < 4.78 is 62.5. The predicted octanol–water partition coefficient (Wildman–Crippen LogP) is 5.32. The SMILES string of the molecule is COc1ccc(CN(Cc2ccc(F)cc2)C(=O)CC(C)C)cc1OS(=O)(=O)c1ccc(F)cc1. The molecule has 0 fully saturated rings. The second-order valence-electron chi connectivity index (χ2n) is 8.45. The maximum Gasteiger partial charge on any atom is 0.339 e. The van der Waals surface area contributed by atoms with Gasteiger partial charge in [-0.1, -0.05) is 32.0 Å². The molecular weight excluding hydrogens is 476 g/mol. The van der Waals surface area contributed by atoms with Crippen molar-refractivity contribution in [3.05, 3.63) is 89.5 Å². The fourth-order valence-electron chi connectivity index (χ4n) is 3.39. The molecule has 35 heavy (non-hydrogen) atoms. The average Bonchev–Trinajstić information content (AvgIpc) is 2.80. The fourth-order valence-corrected chi connectivity index (χ4v) is 4.33. The van der Waals surface area contributed by atoms with Crippen molar-refractivity contribution < 1.29 is 30.9 Å².